The van der Waals surface area contributed by atoms with E-state index in [1.807, 2.05) is 30.7 Å². The van der Waals surface area contributed by atoms with Crippen LogP contribution in [0, 0.1) is 6.92 Å². The van der Waals surface area contributed by atoms with Crippen LogP contribution in [0.15, 0.2) is 49.1 Å². The molecule has 3 aromatic heterocycles. The molecule has 1 atom stereocenters. The summed E-state index contributed by atoms with van der Waals surface area (Å²) in [6.07, 6.45) is 7.86. The van der Waals surface area contributed by atoms with E-state index in [2.05, 4.69) is 30.8 Å². The molecule has 0 spiro atoms. The molecule has 1 amide bonds. The predicted octanol–water partition coefficient (Wildman–Crippen LogP) is 3.48. The molecule has 0 bridgehead atoms. The fourth-order valence-corrected chi connectivity index (χ4v) is 3.90. The number of esters is 1. The molecule has 184 valence electrons. The molecule has 0 radical (unpaired) electrons. The maximum atomic E-state index is 13.1. The standard InChI is InChI=1S/C25H26N8O3/c1-15-11-26-21(10-23(15)32-12-22(27-14-32)18-7-8-18)25(35)28-20-6-4-5-19(9-20)24-29-30-31-33(24)16(2)13-36-17(3)34/h4-6,9-12,14,16,18H,7-8,13H2,1-3H3,(H,28,35). The van der Waals surface area contributed by atoms with Crippen molar-refractivity contribution in [3.8, 4) is 17.1 Å². The molecule has 1 N–H and O–H groups in total. The smallest absolute Gasteiger partial charge is 0.302 e. The number of carbonyl (C=O) groups excluding carboxylic acids is 2. The number of nitrogens with one attached hydrogen (secondary N) is 1. The molecule has 1 aliphatic rings. The largest absolute Gasteiger partial charge is 0.464 e. The van der Waals surface area contributed by atoms with Crippen molar-refractivity contribution in [2.75, 3.05) is 11.9 Å². The number of ether oxygens (including phenoxy) is 1. The average Bonchev–Trinajstić information content (AvgIpc) is 3.38. The van der Waals surface area contributed by atoms with E-state index in [9.17, 15) is 9.59 Å². The van der Waals surface area contributed by atoms with Crippen LogP contribution in [0.4, 0.5) is 5.69 Å². The molecule has 3 heterocycles. The van der Waals surface area contributed by atoms with Crippen molar-refractivity contribution in [1.29, 1.82) is 0 Å². The Labute approximate surface area is 207 Å². The molecule has 11 nitrogen and oxygen atoms in total. The normalized spacial score (nSPS) is 13.9. The summed E-state index contributed by atoms with van der Waals surface area (Å²) in [6, 6.07) is 8.71. The van der Waals surface area contributed by atoms with Gasteiger partial charge in [0.2, 0.25) is 0 Å². The van der Waals surface area contributed by atoms with Crippen molar-refractivity contribution < 1.29 is 14.3 Å². The van der Waals surface area contributed by atoms with Crippen molar-refractivity contribution in [2.24, 2.45) is 0 Å². The van der Waals surface area contributed by atoms with E-state index in [1.165, 1.54) is 19.8 Å². The number of benzene rings is 1. The number of aryl methyl sites for hydroxylation is 1. The summed E-state index contributed by atoms with van der Waals surface area (Å²) in [4.78, 5) is 33.1. The molecule has 36 heavy (non-hydrogen) atoms. The number of aromatic nitrogens is 7. The molecule has 0 aliphatic heterocycles. The molecule has 11 heteroatoms. The van der Waals surface area contributed by atoms with Crippen LogP contribution < -0.4 is 5.32 Å². The lowest BCUT2D eigenvalue weighted by Crippen LogP contribution is -2.17. The summed E-state index contributed by atoms with van der Waals surface area (Å²) in [6.45, 7) is 5.30. The van der Waals surface area contributed by atoms with Gasteiger partial charge in [-0.3, -0.25) is 14.6 Å². The highest BCUT2D eigenvalue weighted by Gasteiger charge is 2.26. The van der Waals surface area contributed by atoms with Crippen LogP contribution in [0.2, 0.25) is 0 Å². The average molecular weight is 487 g/mol. The number of carbonyl (C=O) groups is 2. The molecule has 1 saturated carbocycles. The molecule has 0 saturated heterocycles. The first-order valence-electron chi connectivity index (χ1n) is 11.7. The first-order chi connectivity index (χ1) is 17.4. The number of rotatable bonds is 8. The van der Waals surface area contributed by atoms with Crippen molar-refractivity contribution in [1.82, 2.24) is 34.7 Å². The fourth-order valence-electron chi connectivity index (χ4n) is 3.90. The Morgan fingerprint density at radius 3 is 2.83 bits per heavy atom. The lowest BCUT2D eigenvalue weighted by Gasteiger charge is -2.14. The second-order valence-electron chi connectivity index (χ2n) is 8.97. The SMILES string of the molecule is CC(=O)OCC(C)n1nnnc1-c1cccc(NC(=O)c2cc(-n3cnc(C4CC4)c3)c(C)cn2)c1. The summed E-state index contributed by atoms with van der Waals surface area (Å²) in [5.74, 6) is 0.339. The molecular formula is C25H26N8O3. The van der Waals surface area contributed by atoms with Gasteiger partial charge in [0.15, 0.2) is 5.82 Å². The zero-order chi connectivity index (χ0) is 25.2. The molecule has 5 rings (SSSR count). The van der Waals surface area contributed by atoms with E-state index in [4.69, 9.17) is 4.74 Å². The maximum Gasteiger partial charge on any atom is 0.302 e. The summed E-state index contributed by atoms with van der Waals surface area (Å²) in [7, 11) is 0. The number of anilines is 1. The molecule has 4 aromatic rings. The van der Waals surface area contributed by atoms with Gasteiger partial charge in [-0.15, -0.1) is 5.10 Å². The van der Waals surface area contributed by atoms with Crippen LogP contribution in [-0.2, 0) is 9.53 Å². The number of nitrogens with zero attached hydrogens (tertiary/aromatic N) is 7. The van der Waals surface area contributed by atoms with Crippen molar-refractivity contribution in [3.63, 3.8) is 0 Å². The minimum atomic E-state index is -0.370. The van der Waals surface area contributed by atoms with Gasteiger partial charge in [-0.05, 0) is 60.9 Å². The van der Waals surface area contributed by atoms with Gasteiger partial charge in [-0.25, -0.2) is 9.67 Å². The van der Waals surface area contributed by atoms with Crippen LogP contribution in [0.25, 0.3) is 17.1 Å². The zero-order valence-electron chi connectivity index (χ0n) is 20.3. The van der Waals surface area contributed by atoms with Crippen LogP contribution in [0.1, 0.15) is 60.4 Å². The Morgan fingerprint density at radius 2 is 2.06 bits per heavy atom. The highest BCUT2D eigenvalue weighted by Crippen LogP contribution is 2.39. The topological polar surface area (TPSA) is 130 Å². The minimum Gasteiger partial charge on any atom is -0.464 e. The summed E-state index contributed by atoms with van der Waals surface area (Å²) in [5, 5.41) is 14.8. The minimum absolute atomic E-state index is 0.143. The van der Waals surface area contributed by atoms with Gasteiger partial charge >= 0.3 is 5.97 Å². The van der Waals surface area contributed by atoms with E-state index in [0.29, 0.717) is 28.7 Å². The van der Waals surface area contributed by atoms with Crippen LogP contribution in [0.3, 0.4) is 0 Å². The molecule has 1 unspecified atom stereocenters. The summed E-state index contributed by atoms with van der Waals surface area (Å²) in [5.41, 5.74) is 4.46. The number of pyridine rings is 1. The van der Waals surface area contributed by atoms with Crippen LogP contribution in [-0.4, -0.2) is 53.2 Å². The van der Waals surface area contributed by atoms with Gasteiger partial charge in [-0.1, -0.05) is 12.1 Å². The van der Waals surface area contributed by atoms with Gasteiger partial charge in [0.05, 0.1) is 23.8 Å². The lowest BCUT2D eigenvalue weighted by atomic mass is 10.1. The summed E-state index contributed by atoms with van der Waals surface area (Å²) < 4.78 is 8.61. The third kappa shape index (κ3) is 4.99. The molecular weight excluding hydrogens is 460 g/mol. The number of hydrogen-bond acceptors (Lipinski definition) is 8. The van der Waals surface area contributed by atoms with Gasteiger partial charge < -0.3 is 14.6 Å². The Bertz CT molecular complexity index is 1420. The first kappa shape index (κ1) is 23.3. The highest BCUT2D eigenvalue weighted by molar-refractivity contribution is 6.03. The lowest BCUT2D eigenvalue weighted by molar-refractivity contribution is -0.142. The van der Waals surface area contributed by atoms with Crippen molar-refractivity contribution in [2.45, 2.75) is 45.6 Å². The van der Waals surface area contributed by atoms with E-state index >= 15 is 0 Å². The van der Waals surface area contributed by atoms with E-state index in [-0.39, 0.29) is 24.5 Å². The Morgan fingerprint density at radius 1 is 1.22 bits per heavy atom. The van der Waals surface area contributed by atoms with Crippen molar-refractivity contribution >= 4 is 17.6 Å². The van der Waals surface area contributed by atoms with Crippen LogP contribution >= 0.6 is 0 Å². The van der Waals surface area contributed by atoms with Gasteiger partial charge in [0.25, 0.3) is 5.91 Å². The molecule has 1 aromatic carbocycles. The first-order valence-corrected chi connectivity index (χ1v) is 11.7. The Kier molecular flexibility index (Phi) is 6.28. The third-order valence-corrected chi connectivity index (χ3v) is 6.00. The van der Waals surface area contributed by atoms with E-state index in [0.717, 1.165) is 16.9 Å². The predicted molar refractivity (Wildman–Crippen MR) is 131 cm³/mol. The van der Waals surface area contributed by atoms with Crippen molar-refractivity contribution in [3.05, 3.63) is 66.0 Å². The second kappa shape index (κ2) is 9.68. The number of hydrogen-bond donors (Lipinski definition) is 1. The Balaban J connectivity index is 1.34. The Hall–Kier alpha value is -4.41. The number of tetrazole rings is 1. The van der Waals surface area contributed by atoms with Gasteiger partial charge in [-0.2, -0.15) is 0 Å². The molecule has 1 aliphatic carbocycles. The number of imidazole rings is 1. The third-order valence-electron chi connectivity index (χ3n) is 6.00. The maximum absolute atomic E-state index is 13.1. The molecule has 1 fully saturated rings. The summed E-state index contributed by atoms with van der Waals surface area (Å²) >= 11 is 0. The van der Waals surface area contributed by atoms with E-state index in [1.54, 1.807) is 41.5 Å². The van der Waals surface area contributed by atoms with Gasteiger partial charge in [0, 0.05) is 36.5 Å². The van der Waals surface area contributed by atoms with E-state index < -0.39 is 0 Å². The number of amides is 1. The quantitative estimate of drug-likeness (QED) is 0.375. The zero-order valence-corrected chi connectivity index (χ0v) is 20.3. The highest BCUT2D eigenvalue weighted by atomic mass is 16.5. The second-order valence-corrected chi connectivity index (χ2v) is 8.97. The van der Waals surface area contributed by atoms with Crippen LogP contribution in [0.5, 0.6) is 0 Å². The van der Waals surface area contributed by atoms with Gasteiger partial charge in [0.1, 0.15) is 12.3 Å². The fraction of sp³-hybridized carbons (Fsp3) is 0.320. The monoisotopic (exact) mass is 486 g/mol.